The van der Waals surface area contributed by atoms with Crippen LogP contribution in [0.2, 0.25) is 5.02 Å². The van der Waals surface area contributed by atoms with Crippen LogP contribution >= 0.6 is 11.6 Å². The summed E-state index contributed by atoms with van der Waals surface area (Å²) in [4.78, 5) is 18.6. The van der Waals surface area contributed by atoms with Gasteiger partial charge in [-0.15, -0.1) is 0 Å². The highest BCUT2D eigenvalue weighted by atomic mass is 35.5. The van der Waals surface area contributed by atoms with Gasteiger partial charge in [0.2, 0.25) is 11.9 Å². The molecule has 0 saturated carbocycles. The lowest BCUT2D eigenvalue weighted by molar-refractivity contribution is -0.0136. The summed E-state index contributed by atoms with van der Waals surface area (Å²) in [7, 11) is 2.16. The zero-order chi connectivity index (χ0) is 25.8. The first kappa shape index (κ1) is 24.8. The van der Waals surface area contributed by atoms with Crippen molar-refractivity contribution < 1.29 is 14.2 Å². The first-order valence-electron chi connectivity index (χ1n) is 13.0. The van der Waals surface area contributed by atoms with Crippen molar-refractivity contribution >= 4 is 34.5 Å². The number of aliphatic hydroxyl groups excluding tert-OH is 1. The van der Waals surface area contributed by atoms with Crippen molar-refractivity contribution in [2.24, 2.45) is 0 Å². The van der Waals surface area contributed by atoms with E-state index in [9.17, 15) is 5.11 Å². The van der Waals surface area contributed by atoms with Gasteiger partial charge in [0, 0.05) is 43.4 Å². The average molecular weight is 530 g/mol. The molecule has 198 valence electrons. The van der Waals surface area contributed by atoms with Gasteiger partial charge in [-0.05, 0) is 52.3 Å². The highest BCUT2D eigenvalue weighted by Gasteiger charge is 2.41. The van der Waals surface area contributed by atoms with E-state index in [4.69, 9.17) is 21.3 Å². The summed E-state index contributed by atoms with van der Waals surface area (Å²) >= 11 is 6.52. The number of hydrogen-bond donors (Lipinski definition) is 2. The number of aliphatic hydroxyl groups is 1. The van der Waals surface area contributed by atoms with Crippen LogP contribution in [0.5, 0.6) is 0 Å². The molecular formula is C26H33ClFN7O2. The number of imidazole rings is 1. The number of piperazine rings is 1. The molecule has 3 aromatic rings. The van der Waals surface area contributed by atoms with Gasteiger partial charge in [-0.25, -0.2) is 19.3 Å². The van der Waals surface area contributed by atoms with Crippen LogP contribution in [0.3, 0.4) is 0 Å². The topological polar surface area (TPSA) is 91.6 Å². The summed E-state index contributed by atoms with van der Waals surface area (Å²) in [6.45, 7) is 6.99. The molecule has 0 radical (unpaired) electrons. The molecule has 0 amide bonds. The summed E-state index contributed by atoms with van der Waals surface area (Å²) < 4.78 is 23.1. The molecule has 1 aromatic carbocycles. The molecule has 6 rings (SSSR count). The molecule has 37 heavy (non-hydrogen) atoms. The molecule has 0 aliphatic carbocycles. The van der Waals surface area contributed by atoms with Crippen LogP contribution in [0.4, 0.5) is 16.3 Å². The van der Waals surface area contributed by atoms with Crippen molar-refractivity contribution in [3.8, 4) is 11.3 Å². The molecule has 3 fully saturated rings. The van der Waals surface area contributed by atoms with Gasteiger partial charge in [-0.2, -0.15) is 0 Å². The highest BCUT2D eigenvalue weighted by Crippen LogP contribution is 2.39. The second-order valence-electron chi connectivity index (χ2n) is 10.8. The number of fused-ring (bicyclic) bond motifs is 3. The average Bonchev–Trinajstić information content (AvgIpc) is 3.36. The lowest BCUT2D eigenvalue weighted by Gasteiger charge is -2.40. The maximum Gasteiger partial charge on any atom is 0.223 e. The van der Waals surface area contributed by atoms with Crippen molar-refractivity contribution in [1.29, 1.82) is 0 Å². The Balaban J connectivity index is 1.41. The van der Waals surface area contributed by atoms with Gasteiger partial charge >= 0.3 is 0 Å². The molecule has 9 nitrogen and oxygen atoms in total. The molecule has 3 saturated heterocycles. The second-order valence-corrected chi connectivity index (χ2v) is 11.2. The van der Waals surface area contributed by atoms with Crippen LogP contribution in [0.25, 0.3) is 22.3 Å². The van der Waals surface area contributed by atoms with E-state index in [1.807, 2.05) is 6.07 Å². The van der Waals surface area contributed by atoms with E-state index in [1.165, 1.54) is 12.3 Å². The van der Waals surface area contributed by atoms with Gasteiger partial charge in [0.1, 0.15) is 5.52 Å². The molecule has 3 aliphatic rings. The van der Waals surface area contributed by atoms with Gasteiger partial charge in [0.25, 0.3) is 0 Å². The van der Waals surface area contributed by atoms with Crippen LogP contribution in [-0.2, 0) is 4.74 Å². The number of nitrogens with one attached hydrogen (secondary N) is 1. The maximum absolute atomic E-state index is 15.6. The van der Waals surface area contributed by atoms with Crippen molar-refractivity contribution in [3.63, 3.8) is 0 Å². The standard InChI is InChI=1S/C26H33ClFN7O2/c1-14(2)34-21-9-15(23-18(27)10-29-25(31-23)30-20-6-7-37-13-22(20)36)8-19(28)24(21)32-26(34)35-16-4-5-17(35)12-33(3)11-16/h8-10,14,16-17,20,22,36H,4-7,11-13H2,1-3H3,(H,29,30,31)/t16?,17?,20-,22-/m1/s1. The fourth-order valence-corrected chi connectivity index (χ4v) is 6.31. The minimum absolute atomic E-state index is 0.0850. The van der Waals surface area contributed by atoms with E-state index >= 15 is 4.39 Å². The Hall–Kier alpha value is -2.53. The predicted molar refractivity (Wildman–Crippen MR) is 142 cm³/mol. The first-order chi connectivity index (χ1) is 17.8. The number of rotatable bonds is 5. The molecule has 2 bridgehead atoms. The number of benzene rings is 1. The molecule has 2 unspecified atom stereocenters. The predicted octanol–water partition coefficient (Wildman–Crippen LogP) is 3.71. The lowest BCUT2D eigenvalue weighted by Crippen LogP contribution is -2.53. The quantitative estimate of drug-likeness (QED) is 0.517. The number of ether oxygens (including phenoxy) is 1. The normalized spacial score (nSPS) is 26.4. The monoisotopic (exact) mass is 529 g/mol. The molecule has 3 aliphatic heterocycles. The number of likely N-dealkylation sites (N-methyl/N-ethyl adjacent to an activating group) is 1. The summed E-state index contributed by atoms with van der Waals surface area (Å²) in [5.74, 6) is 0.767. The highest BCUT2D eigenvalue weighted by molar-refractivity contribution is 6.33. The molecule has 0 spiro atoms. The maximum atomic E-state index is 15.6. The SMILES string of the molecule is CC(C)n1c(N2C3CCC2CN(C)C3)nc2c(F)cc(-c3nc(N[C@@H]4CCOC[C@H]4O)ncc3Cl)cc21. The molecule has 4 atom stereocenters. The fourth-order valence-electron chi connectivity index (χ4n) is 6.10. The lowest BCUT2D eigenvalue weighted by atomic mass is 10.1. The van der Waals surface area contributed by atoms with Gasteiger partial charge < -0.3 is 29.5 Å². The second kappa shape index (κ2) is 9.65. The Morgan fingerprint density at radius 3 is 2.62 bits per heavy atom. The van der Waals surface area contributed by atoms with Crippen molar-refractivity contribution in [2.75, 3.05) is 43.6 Å². The number of hydrogen-bond acceptors (Lipinski definition) is 8. The van der Waals surface area contributed by atoms with Crippen LogP contribution in [0.15, 0.2) is 18.3 Å². The van der Waals surface area contributed by atoms with Gasteiger partial charge in [-0.3, -0.25) is 0 Å². The minimum Gasteiger partial charge on any atom is -0.389 e. The third-order valence-electron chi connectivity index (χ3n) is 7.80. The van der Waals surface area contributed by atoms with E-state index in [0.717, 1.165) is 37.4 Å². The summed E-state index contributed by atoms with van der Waals surface area (Å²) in [5, 5.41) is 13.7. The molecule has 2 N–H and O–H groups in total. The van der Waals surface area contributed by atoms with Gasteiger partial charge in [0.15, 0.2) is 5.82 Å². The Morgan fingerprint density at radius 1 is 1.16 bits per heavy atom. The van der Waals surface area contributed by atoms with Crippen molar-refractivity contribution in [3.05, 3.63) is 29.2 Å². The Kier molecular flexibility index (Phi) is 6.46. The van der Waals surface area contributed by atoms with Crippen LogP contribution < -0.4 is 10.2 Å². The van der Waals surface area contributed by atoms with Crippen LogP contribution in [-0.4, -0.2) is 87.1 Å². The summed E-state index contributed by atoms with van der Waals surface area (Å²) in [5.41, 5.74) is 2.07. The number of halogens is 2. The van der Waals surface area contributed by atoms with Crippen molar-refractivity contribution in [2.45, 2.75) is 63.4 Å². The fraction of sp³-hybridized carbons (Fsp3) is 0.577. The largest absolute Gasteiger partial charge is 0.389 e. The molecule has 11 heteroatoms. The van der Waals surface area contributed by atoms with Gasteiger partial charge in [0.05, 0.1) is 41.2 Å². The smallest absolute Gasteiger partial charge is 0.223 e. The van der Waals surface area contributed by atoms with Crippen molar-refractivity contribution in [1.82, 2.24) is 24.4 Å². The van der Waals surface area contributed by atoms with Crippen LogP contribution in [0, 0.1) is 5.82 Å². The Bertz CT molecular complexity index is 1300. The minimum atomic E-state index is -0.658. The molecule has 2 aromatic heterocycles. The Labute approximate surface area is 220 Å². The van der Waals surface area contributed by atoms with E-state index in [2.05, 4.69) is 50.5 Å². The molecular weight excluding hydrogens is 497 g/mol. The number of anilines is 2. The zero-order valence-corrected chi connectivity index (χ0v) is 22.1. The van der Waals surface area contributed by atoms with E-state index < -0.39 is 11.9 Å². The first-order valence-corrected chi connectivity index (χ1v) is 13.4. The van der Waals surface area contributed by atoms with Gasteiger partial charge in [-0.1, -0.05) is 11.6 Å². The Morgan fingerprint density at radius 2 is 1.92 bits per heavy atom. The number of aromatic nitrogens is 4. The van der Waals surface area contributed by atoms with E-state index in [-0.39, 0.29) is 18.7 Å². The zero-order valence-electron chi connectivity index (χ0n) is 21.4. The van der Waals surface area contributed by atoms with Crippen LogP contribution in [0.1, 0.15) is 39.2 Å². The third kappa shape index (κ3) is 4.43. The number of likely N-dealkylation sites (tertiary alicyclic amines) is 1. The summed E-state index contributed by atoms with van der Waals surface area (Å²) in [6, 6.07) is 3.99. The van der Waals surface area contributed by atoms with E-state index in [1.54, 1.807) is 0 Å². The molecule has 5 heterocycles. The number of nitrogens with zero attached hydrogens (tertiary/aromatic N) is 6. The summed E-state index contributed by atoms with van der Waals surface area (Å²) in [6.07, 6.45) is 3.73. The third-order valence-corrected chi connectivity index (χ3v) is 8.08. The van der Waals surface area contributed by atoms with E-state index in [0.29, 0.717) is 52.9 Å².